The van der Waals surface area contributed by atoms with Crippen LogP contribution < -0.4 is 10.6 Å². The molecule has 0 bridgehead atoms. The standard InChI is InChI=1S/C18H26N4O.ClH/c1-3-22-16-7-5-4-6-15(16)21-17(22)9-11-20-18(23)14-8-10-19-13(2)12-14;/h4-7,13-14,19H,3,8-12H2,1-2H3,(H,20,23);1H/t13-,14-;/m0./s1. The summed E-state index contributed by atoms with van der Waals surface area (Å²) in [4.78, 5) is 17.0. The lowest BCUT2D eigenvalue weighted by atomic mass is 9.92. The van der Waals surface area contributed by atoms with Gasteiger partial charge in [0.2, 0.25) is 5.91 Å². The zero-order valence-electron chi connectivity index (χ0n) is 14.4. The number of benzene rings is 1. The normalized spacial score (nSPS) is 20.6. The average Bonchev–Trinajstić information content (AvgIpc) is 2.92. The molecule has 1 aromatic carbocycles. The van der Waals surface area contributed by atoms with Crippen LogP contribution >= 0.6 is 12.4 Å². The van der Waals surface area contributed by atoms with Gasteiger partial charge in [0.15, 0.2) is 0 Å². The largest absolute Gasteiger partial charge is 0.355 e. The minimum atomic E-state index is 0. The van der Waals surface area contributed by atoms with Gasteiger partial charge in [0.1, 0.15) is 5.82 Å². The number of aryl methyl sites for hydroxylation is 1. The first-order chi connectivity index (χ1) is 11.2. The number of aromatic nitrogens is 2. The van der Waals surface area contributed by atoms with E-state index in [0.29, 0.717) is 12.6 Å². The molecule has 2 N–H and O–H groups in total. The maximum Gasteiger partial charge on any atom is 0.223 e. The van der Waals surface area contributed by atoms with Crippen LogP contribution in [0.3, 0.4) is 0 Å². The predicted octanol–water partition coefficient (Wildman–Crippen LogP) is 2.52. The summed E-state index contributed by atoms with van der Waals surface area (Å²) in [6.07, 6.45) is 2.64. The highest BCUT2D eigenvalue weighted by molar-refractivity contribution is 5.85. The lowest BCUT2D eigenvalue weighted by molar-refractivity contribution is -0.126. The number of piperidine rings is 1. The van der Waals surface area contributed by atoms with Gasteiger partial charge in [0.05, 0.1) is 11.0 Å². The highest BCUT2D eigenvalue weighted by atomic mass is 35.5. The van der Waals surface area contributed by atoms with Gasteiger partial charge in [-0.05, 0) is 45.4 Å². The van der Waals surface area contributed by atoms with Crippen LogP contribution in [0, 0.1) is 5.92 Å². The molecule has 0 saturated carbocycles. The van der Waals surface area contributed by atoms with Crippen molar-refractivity contribution in [3.8, 4) is 0 Å². The van der Waals surface area contributed by atoms with Crippen LogP contribution in [-0.4, -0.2) is 34.6 Å². The summed E-state index contributed by atoms with van der Waals surface area (Å²) in [5.74, 6) is 1.39. The molecule has 1 amide bonds. The number of hydrogen-bond donors (Lipinski definition) is 2. The Balaban J connectivity index is 0.00000208. The quantitative estimate of drug-likeness (QED) is 0.871. The van der Waals surface area contributed by atoms with Crippen LogP contribution in [0.2, 0.25) is 0 Å². The van der Waals surface area contributed by atoms with E-state index in [4.69, 9.17) is 4.98 Å². The first-order valence-electron chi connectivity index (χ1n) is 8.64. The van der Waals surface area contributed by atoms with Crippen molar-refractivity contribution in [2.45, 2.75) is 45.7 Å². The van der Waals surface area contributed by atoms with Crippen molar-refractivity contribution in [3.05, 3.63) is 30.1 Å². The molecule has 1 aliphatic rings. The second-order valence-corrected chi connectivity index (χ2v) is 6.38. The molecule has 0 unspecified atom stereocenters. The smallest absolute Gasteiger partial charge is 0.223 e. The number of amides is 1. The summed E-state index contributed by atoms with van der Waals surface area (Å²) in [6.45, 7) is 6.76. The molecule has 24 heavy (non-hydrogen) atoms. The summed E-state index contributed by atoms with van der Waals surface area (Å²) in [5, 5.41) is 6.48. The first kappa shape index (κ1) is 18.7. The number of fused-ring (bicyclic) bond motifs is 1. The summed E-state index contributed by atoms with van der Waals surface area (Å²) in [7, 11) is 0. The number of imidazole rings is 1. The van der Waals surface area contributed by atoms with E-state index in [1.54, 1.807) is 0 Å². The van der Waals surface area contributed by atoms with Crippen molar-refractivity contribution in [2.24, 2.45) is 5.92 Å². The molecule has 0 radical (unpaired) electrons. The molecule has 1 aromatic heterocycles. The molecular formula is C18H27ClN4O. The van der Waals surface area contributed by atoms with Crippen molar-refractivity contribution in [3.63, 3.8) is 0 Å². The summed E-state index contributed by atoms with van der Waals surface area (Å²) < 4.78 is 2.23. The van der Waals surface area contributed by atoms with Gasteiger partial charge in [0, 0.05) is 31.5 Å². The van der Waals surface area contributed by atoms with Gasteiger partial charge in [0.25, 0.3) is 0 Å². The van der Waals surface area contributed by atoms with Gasteiger partial charge in [-0.3, -0.25) is 4.79 Å². The van der Waals surface area contributed by atoms with E-state index in [9.17, 15) is 4.79 Å². The molecule has 1 saturated heterocycles. The topological polar surface area (TPSA) is 59.0 Å². The Bertz CT molecular complexity index is 685. The van der Waals surface area contributed by atoms with E-state index < -0.39 is 0 Å². The van der Waals surface area contributed by atoms with Gasteiger partial charge in [-0.1, -0.05) is 12.1 Å². The molecule has 3 rings (SSSR count). The second kappa shape index (κ2) is 8.49. The number of carbonyl (C=O) groups excluding carboxylic acids is 1. The summed E-state index contributed by atoms with van der Waals surface area (Å²) >= 11 is 0. The molecule has 2 aromatic rings. The lowest BCUT2D eigenvalue weighted by Gasteiger charge is -2.27. The zero-order chi connectivity index (χ0) is 16.2. The van der Waals surface area contributed by atoms with Crippen LogP contribution in [0.4, 0.5) is 0 Å². The molecule has 132 valence electrons. The fourth-order valence-corrected chi connectivity index (χ4v) is 3.48. The van der Waals surface area contributed by atoms with Crippen molar-refractivity contribution in [1.29, 1.82) is 0 Å². The molecule has 5 nitrogen and oxygen atoms in total. The molecule has 2 heterocycles. The monoisotopic (exact) mass is 350 g/mol. The Labute approximate surface area is 149 Å². The van der Waals surface area contributed by atoms with Crippen molar-refractivity contribution in [1.82, 2.24) is 20.2 Å². The molecule has 0 spiro atoms. The lowest BCUT2D eigenvalue weighted by Crippen LogP contribution is -2.42. The minimum absolute atomic E-state index is 0. The van der Waals surface area contributed by atoms with Gasteiger partial charge in [-0.15, -0.1) is 12.4 Å². The third-order valence-electron chi connectivity index (χ3n) is 4.69. The Morgan fingerprint density at radius 3 is 2.96 bits per heavy atom. The van der Waals surface area contributed by atoms with E-state index in [0.717, 1.165) is 43.7 Å². The highest BCUT2D eigenvalue weighted by Gasteiger charge is 2.24. The van der Waals surface area contributed by atoms with Gasteiger partial charge in [-0.25, -0.2) is 4.98 Å². The number of carbonyl (C=O) groups is 1. The van der Waals surface area contributed by atoms with Crippen LogP contribution in [0.5, 0.6) is 0 Å². The number of nitrogens with one attached hydrogen (secondary N) is 2. The van der Waals surface area contributed by atoms with Crippen LogP contribution in [0.1, 0.15) is 32.5 Å². The Morgan fingerprint density at radius 2 is 2.21 bits per heavy atom. The van der Waals surface area contributed by atoms with E-state index in [2.05, 4.69) is 35.1 Å². The third kappa shape index (κ3) is 4.08. The molecule has 1 fully saturated rings. The van der Waals surface area contributed by atoms with Gasteiger partial charge < -0.3 is 15.2 Å². The molecule has 2 atom stereocenters. The third-order valence-corrected chi connectivity index (χ3v) is 4.69. The van der Waals surface area contributed by atoms with Crippen molar-refractivity contribution >= 4 is 29.3 Å². The number of rotatable bonds is 5. The first-order valence-corrected chi connectivity index (χ1v) is 8.64. The van der Waals surface area contributed by atoms with Gasteiger partial charge in [-0.2, -0.15) is 0 Å². The molecule has 6 heteroatoms. The van der Waals surface area contributed by atoms with Crippen molar-refractivity contribution in [2.75, 3.05) is 13.1 Å². The number of nitrogens with zero attached hydrogens (tertiary/aromatic N) is 2. The maximum absolute atomic E-state index is 12.3. The number of hydrogen-bond acceptors (Lipinski definition) is 3. The van der Waals surface area contributed by atoms with Crippen LogP contribution in [0.15, 0.2) is 24.3 Å². The number of para-hydroxylation sites is 2. The van der Waals surface area contributed by atoms with Gasteiger partial charge >= 0.3 is 0 Å². The zero-order valence-corrected chi connectivity index (χ0v) is 15.2. The number of halogens is 1. The molecule has 1 aliphatic heterocycles. The predicted molar refractivity (Wildman–Crippen MR) is 99.6 cm³/mol. The summed E-state index contributed by atoms with van der Waals surface area (Å²) in [6, 6.07) is 8.63. The van der Waals surface area contributed by atoms with Crippen molar-refractivity contribution < 1.29 is 4.79 Å². The minimum Gasteiger partial charge on any atom is -0.355 e. The average molecular weight is 351 g/mol. The Morgan fingerprint density at radius 1 is 1.42 bits per heavy atom. The van der Waals surface area contributed by atoms with E-state index in [1.807, 2.05) is 18.2 Å². The van der Waals surface area contributed by atoms with Crippen LogP contribution in [0.25, 0.3) is 11.0 Å². The fourth-order valence-electron chi connectivity index (χ4n) is 3.48. The summed E-state index contributed by atoms with van der Waals surface area (Å²) in [5.41, 5.74) is 2.20. The Kier molecular flexibility index (Phi) is 6.63. The van der Waals surface area contributed by atoms with Crippen LogP contribution in [-0.2, 0) is 17.8 Å². The van der Waals surface area contributed by atoms with E-state index in [1.165, 1.54) is 5.52 Å². The van der Waals surface area contributed by atoms with E-state index >= 15 is 0 Å². The highest BCUT2D eigenvalue weighted by Crippen LogP contribution is 2.17. The molecule has 0 aliphatic carbocycles. The fraction of sp³-hybridized carbons (Fsp3) is 0.556. The van der Waals surface area contributed by atoms with E-state index in [-0.39, 0.29) is 24.2 Å². The Hall–Kier alpha value is -1.59. The second-order valence-electron chi connectivity index (χ2n) is 6.38. The maximum atomic E-state index is 12.3. The molecular weight excluding hydrogens is 324 g/mol. The SMILES string of the molecule is CCn1c(CCNC(=O)[C@H]2CCN[C@@H](C)C2)nc2ccccc21.Cl.